The van der Waals surface area contributed by atoms with E-state index in [2.05, 4.69) is 15.5 Å². The number of nitrogens with one attached hydrogen (secondary N) is 2. The van der Waals surface area contributed by atoms with Crippen LogP contribution in [0.5, 0.6) is 11.5 Å². The van der Waals surface area contributed by atoms with Gasteiger partial charge in [-0.3, -0.25) is 0 Å². The van der Waals surface area contributed by atoms with E-state index in [1.54, 1.807) is 7.11 Å². The third kappa shape index (κ3) is 9.00. The Bertz CT molecular complexity index is 737. The summed E-state index contributed by atoms with van der Waals surface area (Å²) >= 11 is 0. The molecule has 1 heterocycles. The molecule has 0 radical (unpaired) electrons. The molecule has 8 nitrogen and oxygen atoms in total. The fourth-order valence-electron chi connectivity index (χ4n) is 3.22. The third-order valence-electron chi connectivity index (χ3n) is 4.48. The molecule has 31 heavy (non-hydrogen) atoms. The Morgan fingerprint density at radius 3 is 2.61 bits per heavy atom. The molecule has 1 saturated heterocycles. The van der Waals surface area contributed by atoms with E-state index in [-0.39, 0.29) is 36.1 Å². The molecule has 1 unspecified atom stereocenters. The minimum absolute atomic E-state index is 0. The summed E-state index contributed by atoms with van der Waals surface area (Å²) in [5.74, 6) is 2.27. The highest BCUT2D eigenvalue weighted by Crippen LogP contribution is 2.28. The maximum atomic E-state index is 12.0. The predicted molar refractivity (Wildman–Crippen MR) is 134 cm³/mol. The minimum atomic E-state index is -0.502. The number of methoxy groups -OCH3 is 1. The number of ether oxygens (including phenoxy) is 3. The van der Waals surface area contributed by atoms with Crippen LogP contribution in [0.15, 0.2) is 23.2 Å². The number of rotatable bonds is 7. The molecule has 1 atom stereocenters. The molecule has 0 saturated carbocycles. The van der Waals surface area contributed by atoms with Crippen LogP contribution in [-0.4, -0.2) is 61.9 Å². The van der Waals surface area contributed by atoms with Crippen LogP contribution < -0.4 is 20.1 Å². The summed E-state index contributed by atoms with van der Waals surface area (Å²) in [6, 6.07) is 5.90. The van der Waals surface area contributed by atoms with Gasteiger partial charge in [-0.1, -0.05) is 6.07 Å². The van der Waals surface area contributed by atoms with Crippen molar-refractivity contribution in [3.63, 3.8) is 0 Å². The molecular weight excluding hydrogens is 511 g/mol. The number of likely N-dealkylation sites (tertiary alicyclic amines) is 1. The Labute approximate surface area is 203 Å². The molecule has 2 N–H and O–H groups in total. The average molecular weight is 548 g/mol. The number of guanidine groups is 1. The summed E-state index contributed by atoms with van der Waals surface area (Å²) in [4.78, 5) is 19.0. The molecule has 0 bridgehead atoms. The van der Waals surface area contributed by atoms with E-state index in [4.69, 9.17) is 19.2 Å². The molecule has 0 aromatic heterocycles. The first-order chi connectivity index (χ1) is 14.3. The Morgan fingerprint density at radius 2 is 2.00 bits per heavy atom. The lowest BCUT2D eigenvalue weighted by molar-refractivity contribution is 0.0507. The molecule has 1 aromatic carbocycles. The van der Waals surface area contributed by atoms with Gasteiger partial charge in [-0.2, -0.15) is 0 Å². The van der Waals surface area contributed by atoms with E-state index >= 15 is 0 Å². The number of benzene rings is 1. The van der Waals surface area contributed by atoms with Crippen molar-refractivity contribution in [2.75, 3.05) is 33.4 Å². The maximum absolute atomic E-state index is 12.0. The van der Waals surface area contributed by atoms with Gasteiger partial charge in [0.05, 0.1) is 26.3 Å². The fraction of sp³-hybridized carbons (Fsp3) is 0.636. The molecule has 1 amide bonds. The monoisotopic (exact) mass is 548 g/mol. The number of hydrogen-bond donors (Lipinski definition) is 2. The van der Waals surface area contributed by atoms with Crippen molar-refractivity contribution in [3.8, 4) is 11.5 Å². The second-order valence-corrected chi connectivity index (χ2v) is 8.17. The van der Waals surface area contributed by atoms with Crippen molar-refractivity contribution >= 4 is 36.0 Å². The molecule has 2 rings (SSSR count). The van der Waals surface area contributed by atoms with Crippen LogP contribution in [0.3, 0.4) is 0 Å². The van der Waals surface area contributed by atoms with Gasteiger partial charge < -0.3 is 29.7 Å². The number of hydrogen-bond acceptors (Lipinski definition) is 5. The van der Waals surface area contributed by atoms with Gasteiger partial charge in [-0.05, 0) is 58.7 Å². The molecule has 1 fully saturated rings. The van der Waals surface area contributed by atoms with E-state index in [0.717, 1.165) is 36.8 Å². The summed E-state index contributed by atoms with van der Waals surface area (Å²) in [6.45, 7) is 13.0. The van der Waals surface area contributed by atoms with Crippen molar-refractivity contribution < 1.29 is 19.0 Å². The van der Waals surface area contributed by atoms with Crippen LogP contribution in [0.2, 0.25) is 0 Å². The average Bonchev–Trinajstić information content (AvgIpc) is 3.12. The standard InChI is InChI=1S/C22H36N4O4.HI/c1-7-23-20(24-14-16-9-10-18(29-8-2)19(13-16)28-6)26-12-11-17(15-26)25-21(27)30-22(3,4)5;/h9-10,13,17H,7-8,11-12,14-15H2,1-6H3,(H,23,24)(H,25,27);1H. The van der Waals surface area contributed by atoms with Crippen LogP contribution in [0.4, 0.5) is 4.79 Å². The van der Waals surface area contributed by atoms with Crippen molar-refractivity contribution in [2.45, 2.75) is 59.2 Å². The zero-order valence-corrected chi connectivity index (χ0v) is 21.8. The highest BCUT2D eigenvalue weighted by molar-refractivity contribution is 14.0. The topological polar surface area (TPSA) is 84.4 Å². The Kier molecular flexibility index (Phi) is 11.2. The molecule has 0 spiro atoms. The Morgan fingerprint density at radius 1 is 1.26 bits per heavy atom. The number of nitrogens with zero attached hydrogens (tertiary/aromatic N) is 2. The largest absolute Gasteiger partial charge is 0.493 e. The van der Waals surface area contributed by atoms with Crippen LogP contribution in [-0.2, 0) is 11.3 Å². The van der Waals surface area contributed by atoms with Gasteiger partial charge in [-0.15, -0.1) is 24.0 Å². The van der Waals surface area contributed by atoms with E-state index in [1.165, 1.54) is 0 Å². The first-order valence-corrected chi connectivity index (χ1v) is 10.6. The van der Waals surface area contributed by atoms with E-state index in [1.807, 2.05) is 52.8 Å². The molecule has 0 aliphatic carbocycles. The first kappa shape index (κ1) is 27.1. The van der Waals surface area contributed by atoms with Crippen molar-refractivity contribution in [2.24, 2.45) is 4.99 Å². The van der Waals surface area contributed by atoms with Crippen molar-refractivity contribution in [1.82, 2.24) is 15.5 Å². The van der Waals surface area contributed by atoms with Crippen LogP contribution in [0, 0.1) is 0 Å². The second-order valence-electron chi connectivity index (χ2n) is 8.17. The van der Waals surface area contributed by atoms with Gasteiger partial charge in [0, 0.05) is 19.6 Å². The molecule has 1 aliphatic rings. The van der Waals surface area contributed by atoms with Crippen LogP contribution >= 0.6 is 24.0 Å². The highest BCUT2D eigenvalue weighted by atomic mass is 127. The number of halogens is 1. The zero-order chi connectivity index (χ0) is 22.1. The smallest absolute Gasteiger partial charge is 0.407 e. The van der Waals surface area contributed by atoms with Gasteiger partial charge in [0.15, 0.2) is 17.5 Å². The van der Waals surface area contributed by atoms with Crippen LogP contribution in [0.25, 0.3) is 0 Å². The van der Waals surface area contributed by atoms with Gasteiger partial charge in [-0.25, -0.2) is 9.79 Å². The predicted octanol–water partition coefficient (Wildman–Crippen LogP) is 3.78. The number of carbonyl (C=O) groups excluding carboxylic acids is 1. The lowest BCUT2D eigenvalue weighted by atomic mass is 10.2. The van der Waals surface area contributed by atoms with Gasteiger partial charge in [0.25, 0.3) is 0 Å². The van der Waals surface area contributed by atoms with Gasteiger partial charge >= 0.3 is 6.09 Å². The lowest BCUT2D eigenvalue weighted by Gasteiger charge is -2.23. The highest BCUT2D eigenvalue weighted by Gasteiger charge is 2.27. The quantitative estimate of drug-likeness (QED) is 0.307. The molecule has 176 valence electrons. The normalized spacial score (nSPS) is 16.4. The summed E-state index contributed by atoms with van der Waals surface area (Å²) in [5, 5.41) is 6.30. The fourth-order valence-corrected chi connectivity index (χ4v) is 3.22. The second kappa shape index (κ2) is 12.8. The minimum Gasteiger partial charge on any atom is -0.493 e. The Hall–Kier alpha value is -1.91. The van der Waals surface area contributed by atoms with Crippen molar-refractivity contribution in [3.05, 3.63) is 23.8 Å². The SMILES string of the molecule is CCNC(=NCc1ccc(OCC)c(OC)c1)N1CCC(NC(=O)OC(C)(C)C)C1.I. The van der Waals surface area contributed by atoms with Gasteiger partial charge in [0.2, 0.25) is 0 Å². The Balaban J connectivity index is 0.00000480. The van der Waals surface area contributed by atoms with Crippen molar-refractivity contribution in [1.29, 1.82) is 0 Å². The van der Waals surface area contributed by atoms with Crippen LogP contribution in [0.1, 0.15) is 46.6 Å². The lowest BCUT2D eigenvalue weighted by Crippen LogP contribution is -2.44. The van der Waals surface area contributed by atoms with E-state index in [9.17, 15) is 4.79 Å². The van der Waals surface area contributed by atoms with E-state index in [0.29, 0.717) is 25.4 Å². The molecule has 9 heteroatoms. The summed E-state index contributed by atoms with van der Waals surface area (Å²) in [5.41, 5.74) is 0.533. The summed E-state index contributed by atoms with van der Waals surface area (Å²) < 4.78 is 16.4. The third-order valence-corrected chi connectivity index (χ3v) is 4.48. The maximum Gasteiger partial charge on any atom is 0.407 e. The number of alkyl carbamates (subject to hydrolysis) is 1. The number of amides is 1. The molecule has 1 aromatic rings. The number of aliphatic imine (C=N–C) groups is 1. The molecule has 1 aliphatic heterocycles. The summed E-state index contributed by atoms with van der Waals surface area (Å²) in [7, 11) is 1.64. The summed E-state index contributed by atoms with van der Waals surface area (Å²) in [6.07, 6.45) is 0.471. The number of carbonyl (C=O) groups is 1. The molecular formula is C22H37IN4O4. The van der Waals surface area contributed by atoms with Gasteiger partial charge in [0.1, 0.15) is 5.60 Å². The zero-order valence-electron chi connectivity index (χ0n) is 19.5. The first-order valence-electron chi connectivity index (χ1n) is 10.6. The van der Waals surface area contributed by atoms with E-state index < -0.39 is 5.60 Å².